The van der Waals surface area contributed by atoms with E-state index in [2.05, 4.69) is 10.3 Å². The van der Waals surface area contributed by atoms with Crippen molar-refractivity contribution in [3.8, 4) is 0 Å². The number of carbonyl (C=O) groups is 2. The van der Waals surface area contributed by atoms with Crippen molar-refractivity contribution in [1.29, 1.82) is 0 Å². The lowest BCUT2D eigenvalue weighted by molar-refractivity contribution is -0.123. The Bertz CT molecular complexity index is 1150. The highest BCUT2D eigenvalue weighted by atomic mass is 35.5. The van der Waals surface area contributed by atoms with E-state index in [1.165, 1.54) is 0 Å². The predicted octanol–water partition coefficient (Wildman–Crippen LogP) is 5.44. The maximum absolute atomic E-state index is 13.7. The molecule has 0 saturated heterocycles. The average molecular weight is 495 g/mol. The van der Waals surface area contributed by atoms with Crippen LogP contribution in [-0.2, 0) is 22.4 Å². The number of halogens is 1. The van der Waals surface area contributed by atoms with Crippen molar-refractivity contribution in [2.24, 2.45) is 5.73 Å². The van der Waals surface area contributed by atoms with Gasteiger partial charge in [-0.2, -0.15) is 0 Å². The van der Waals surface area contributed by atoms with Crippen LogP contribution in [0.3, 0.4) is 0 Å². The zero-order valence-electron chi connectivity index (χ0n) is 20.1. The van der Waals surface area contributed by atoms with Crippen LogP contribution >= 0.6 is 11.6 Å². The second-order valence-electron chi connectivity index (χ2n) is 9.58. The summed E-state index contributed by atoms with van der Waals surface area (Å²) in [6, 6.07) is 18.0. The number of ketones is 1. The molecule has 1 radical (unpaired) electrons. The number of benzene rings is 2. The van der Waals surface area contributed by atoms with Gasteiger partial charge in [-0.15, -0.1) is 11.6 Å². The van der Waals surface area contributed by atoms with Crippen LogP contribution in [0.25, 0.3) is 10.9 Å². The van der Waals surface area contributed by atoms with E-state index in [0.29, 0.717) is 12.8 Å². The van der Waals surface area contributed by atoms with Gasteiger partial charge in [0.2, 0.25) is 0 Å². The van der Waals surface area contributed by atoms with Crippen molar-refractivity contribution in [1.82, 2.24) is 10.3 Å². The number of rotatable bonds is 9. The summed E-state index contributed by atoms with van der Waals surface area (Å²) < 4.78 is 5.67. The van der Waals surface area contributed by atoms with Crippen LogP contribution in [0.5, 0.6) is 0 Å². The number of Topliss-reactive ketones (excluding diaryl/α,β-unsaturated/α-hetero) is 1. The summed E-state index contributed by atoms with van der Waals surface area (Å²) >= 11 is 6.39. The minimum atomic E-state index is -1.28. The SMILES string of the molecule is CC(Cc1c[nH]c2ccccc12)(NC(=O)OC1CCCCC1Cl)C(=O)[C](N)CCc1ccccc1. The fourth-order valence-corrected chi connectivity index (χ4v) is 5.14. The number of alkyl halides is 1. The van der Waals surface area contributed by atoms with Gasteiger partial charge in [0.15, 0.2) is 5.78 Å². The Hall–Kier alpha value is -2.83. The summed E-state index contributed by atoms with van der Waals surface area (Å²) in [6.07, 6.45) is 5.70. The fraction of sp³-hybridized carbons (Fsp3) is 0.393. The molecule has 3 aromatic rings. The number of nitrogens with one attached hydrogen (secondary N) is 2. The van der Waals surface area contributed by atoms with Gasteiger partial charge < -0.3 is 20.8 Å². The maximum Gasteiger partial charge on any atom is 0.408 e. The molecule has 0 spiro atoms. The Morgan fingerprint density at radius 2 is 1.83 bits per heavy atom. The van der Waals surface area contributed by atoms with Gasteiger partial charge in [-0.05, 0) is 56.2 Å². The number of aromatic nitrogens is 1. The van der Waals surface area contributed by atoms with E-state index in [9.17, 15) is 9.59 Å². The summed E-state index contributed by atoms with van der Waals surface area (Å²) in [6.45, 7) is 1.72. The van der Waals surface area contributed by atoms with Crippen LogP contribution in [0.2, 0.25) is 0 Å². The molecule has 1 amide bonds. The number of aryl methyl sites for hydroxylation is 1. The third-order valence-electron chi connectivity index (χ3n) is 6.80. The molecule has 1 heterocycles. The highest BCUT2D eigenvalue weighted by Crippen LogP contribution is 2.28. The standard InChI is InChI=1S/C28H33ClN3O3/c1-28(17-20-18-31-24-13-7-5-11-21(20)24,32-27(34)35-25-14-8-6-12-22(25)29)26(33)23(30)16-15-19-9-3-2-4-10-19/h2-5,7,9-11,13,18,22,25,31H,6,8,12,14-17,30H2,1H3,(H,32,34). The van der Waals surface area contributed by atoms with Gasteiger partial charge >= 0.3 is 6.09 Å². The number of carbonyl (C=O) groups excluding carboxylic acids is 2. The van der Waals surface area contributed by atoms with Crippen molar-refractivity contribution < 1.29 is 14.3 Å². The summed E-state index contributed by atoms with van der Waals surface area (Å²) in [7, 11) is 0. The number of para-hydroxylation sites is 1. The second-order valence-corrected chi connectivity index (χ2v) is 10.1. The number of alkyl carbamates (subject to hydrolysis) is 1. The number of fused-ring (bicyclic) bond motifs is 1. The van der Waals surface area contributed by atoms with E-state index in [0.717, 1.165) is 47.7 Å². The molecular formula is C28H33ClN3O3. The molecule has 3 atom stereocenters. The summed E-state index contributed by atoms with van der Waals surface area (Å²) in [5.41, 5.74) is 8.02. The molecule has 4 N–H and O–H groups in total. The molecule has 1 aromatic heterocycles. The zero-order chi connectivity index (χ0) is 24.8. The van der Waals surface area contributed by atoms with Crippen LogP contribution in [0.15, 0.2) is 60.8 Å². The summed E-state index contributed by atoms with van der Waals surface area (Å²) in [5.74, 6) is -0.304. The highest BCUT2D eigenvalue weighted by Gasteiger charge is 2.40. The van der Waals surface area contributed by atoms with Gasteiger partial charge in [0.1, 0.15) is 17.7 Å². The molecule has 2 aromatic carbocycles. The van der Waals surface area contributed by atoms with Crippen LogP contribution in [0.4, 0.5) is 4.79 Å². The lowest BCUT2D eigenvalue weighted by Gasteiger charge is -2.33. The molecule has 1 aliphatic carbocycles. The quantitative estimate of drug-likeness (QED) is 0.345. The summed E-state index contributed by atoms with van der Waals surface area (Å²) in [4.78, 5) is 29.9. The van der Waals surface area contributed by atoms with E-state index >= 15 is 0 Å². The number of H-pyrrole nitrogens is 1. The third-order valence-corrected chi connectivity index (χ3v) is 7.30. The van der Waals surface area contributed by atoms with Crippen LogP contribution in [0.1, 0.15) is 50.2 Å². The van der Waals surface area contributed by atoms with Gasteiger partial charge in [0.05, 0.1) is 5.38 Å². The van der Waals surface area contributed by atoms with E-state index in [4.69, 9.17) is 22.1 Å². The summed E-state index contributed by atoms with van der Waals surface area (Å²) in [5, 5.41) is 3.64. The largest absolute Gasteiger partial charge is 0.445 e. The van der Waals surface area contributed by atoms with Crippen molar-refractivity contribution in [2.75, 3.05) is 0 Å². The molecule has 35 heavy (non-hydrogen) atoms. The Labute approximate surface area is 211 Å². The molecule has 1 saturated carbocycles. The number of aromatic amines is 1. The number of hydrogen-bond donors (Lipinski definition) is 3. The van der Waals surface area contributed by atoms with E-state index < -0.39 is 11.6 Å². The van der Waals surface area contributed by atoms with Crippen LogP contribution in [-0.4, -0.2) is 33.9 Å². The molecule has 3 unspecified atom stereocenters. The number of nitrogens with two attached hydrogens (primary N) is 1. The number of ether oxygens (including phenoxy) is 1. The predicted molar refractivity (Wildman–Crippen MR) is 139 cm³/mol. The minimum absolute atomic E-state index is 0.215. The number of amides is 1. The Balaban J connectivity index is 1.52. The lowest BCUT2D eigenvalue weighted by Crippen LogP contribution is -2.57. The Morgan fingerprint density at radius 1 is 1.11 bits per heavy atom. The van der Waals surface area contributed by atoms with Crippen LogP contribution in [0, 0.1) is 6.04 Å². The molecule has 0 bridgehead atoms. The Kier molecular flexibility index (Phi) is 8.14. The molecule has 0 aliphatic heterocycles. The van der Waals surface area contributed by atoms with Crippen molar-refractivity contribution in [3.63, 3.8) is 0 Å². The van der Waals surface area contributed by atoms with Gasteiger partial charge in [-0.25, -0.2) is 4.79 Å². The fourth-order valence-electron chi connectivity index (χ4n) is 4.81. The molecule has 7 heteroatoms. The zero-order valence-corrected chi connectivity index (χ0v) is 20.8. The molecule has 6 nitrogen and oxygen atoms in total. The average Bonchev–Trinajstić information content (AvgIpc) is 3.26. The van der Waals surface area contributed by atoms with Crippen molar-refractivity contribution in [2.45, 2.75) is 68.9 Å². The minimum Gasteiger partial charge on any atom is -0.445 e. The Morgan fingerprint density at radius 3 is 2.60 bits per heavy atom. The maximum atomic E-state index is 13.7. The van der Waals surface area contributed by atoms with Crippen molar-refractivity contribution in [3.05, 3.63) is 78.0 Å². The van der Waals surface area contributed by atoms with Gasteiger partial charge in [-0.3, -0.25) is 4.79 Å². The second kappa shape index (κ2) is 11.3. The topological polar surface area (TPSA) is 97.2 Å². The van der Waals surface area contributed by atoms with Gasteiger partial charge in [-0.1, -0.05) is 55.0 Å². The van der Waals surface area contributed by atoms with Crippen LogP contribution < -0.4 is 11.1 Å². The first-order chi connectivity index (χ1) is 16.9. The van der Waals surface area contributed by atoms with E-state index in [1.807, 2.05) is 60.8 Å². The molecule has 1 aliphatic rings. The molecule has 1 fully saturated rings. The van der Waals surface area contributed by atoms with Gasteiger partial charge in [0.25, 0.3) is 0 Å². The molecule has 4 rings (SSSR count). The highest BCUT2D eigenvalue weighted by molar-refractivity contribution is 6.21. The first-order valence-electron chi connectivity index (χ1n) is 12.2. The number of hydrogen-bond acceptors (Lipinski definition) is 4. The normalized spacial score (nSPS) is 19.9. The van der Waals surface area contributed by atoms with E-state index in [-0.39, 0.29) is 29.7 Å². The van der Waals surface area contributed by atoms with Gasteiger partial charge in [0, 0.05) is 23.5 Å². The lowest BCUT2D eigenvalue weighted by atomic mass is 9.83. The first kappa shape index (κ1) is 25.3. The van der Waals surface area contributed by atoms with E-state index in [1.54, 1.807) is 6.92 Å². The smallest absolute Gasteiger partial charge is 0.408 e. The van der Waals surface area contributed by atoms with Crippen molar-refractivity contribution >= 4 is 34.4 Å². The first-order valence-corrected chi connectivity index (χ1v) is 12.7. The molecule has 185 valence electrons. The third kappa shape index (κ3) is 6.24. The molecular weight excluding hydrogens is 462 g/mol. The monoisotopic (exact) mass is 494 g/mol.